The Kier molecular flexibility index (Phi) is 5.10. The number of thiophene rings is 1. The molecule has 16 heavy (non-hydrogen) atoms. The Morgan fingerprint density at radius 1 is 1.62 bits per heavy atom. The van der Waals surface area contributed by atoms with Crippen molar-refractivity contribution in [1.29, 1.82) is 0 Å². The van der Waals surface area contributed by atoms with Crippen molar-refractivity contribution < 1.29 is 9.90 Å². The fourth-order valence-corrected chi connectivity index (χ4v) is 1.99. The Balaban J connectivity index is 2.48. The summed E-state index contributed by atoms with van der Waals surface area (Å²) in [5.74, 6) is 1.85. The molecule has 0 bridgehead atoms. The second kappa shape index (κ2) is 6.65. The van der Waals surface area contributed by atoms with Crippen LogP contribution >= 0.6 is 11.3 Å². The van der Waals surface area contributed by atoms with Crippen molar-refractivity contribution in [3.8, 4) is 12.3 Å². The van der Waals surface area contributed by atoms with Crippen LogP contribution in [-0.2, 0) is 4.79 Å². The maximum absolute atomic E-state index is 10.2. The van der Waals surface area contributed by atoms with Crippen LogP contribution in [0, 0.1) is 12.3 Å². The highest BCUT2D eigenvalue weighted by Crippen LogP contribution is 2.23. The molecule has 1 heterocycles. The van der Waals surface area contributed by atoms with Crippen LogP contribution in [0.15, 0.2) is 41.8 Å². The molecule has 0 saturated carbocycles. The molecule has 2 nitrogen and oxygen atoms in total. The van der Waals surface area contributed by atoms with Crippen LogP contribution < -0.4 is 0 Å². The molecule has 0 aromatic carbocycles. The number of hydrogen-bond donors (Lipinski definition) is 1. The lowest BCUT2D eigenvalue weighted by Crippen LogP contribution is -1.89. The summed E-state index contributed by atoms with van der Waals surface area (Å²) in [5.41, 5.74) is 0. The van der Waals surface area contributed by atoms with Gasteiger partial charge >= 0.3 is 5.97 Å². The van der Waals surface area contributed by atoms with Crippen LogP contribution in [-0.4, -0.2) is 11.1 Å². The molecular weight excluding hydrogens is 220 g/mol. The van der Waals surface area contributed by atoms with Gasteiger partial charge in [-0.05, 0) is 17.9 Å². The van der Waals surface area contributed by atoms with E-state index in [1.807, 2.05) is 23.6 Å². The molecule has 1 N–H and O–H groups in total. The molecule has 1 aromatic rings. The van der Waals surface area contributed by atoms with Crippen LogP contribution in [0.3, 0.4) is 0 Å². The Morgan fingerprint density at radius 3 is 3.00 bits per heavy atom. The highest BCUT2D eigenvalue weighted by molar-refractivity contribution is 7.10. The van der Waals surface area contributed by atoms with Gasteiger partial charge in [0.15, 0.2) is 0 Å². The molecular formula is C13H12O2S. The van der Waals surface area contributed by atoms with Crippen molar-refractivity contribution in [1.82, 2.24) is 0 Å². The van der Waals surface area contributed by atoms with Gasteiger partial charge in [0.1, 0.15) is 0 Å². The number of carboxylic acid groups (broad SMARTS) is 1. The maximum Gasteiger partial charge on any atom is 0.328 e. The molecule has 3 heteroatoms. The standard InChI is InChI=1S/C13H12O2S/c1-2-11(12-8-6-10-16-12)7-4-3-5-9-13(14)15/h1,3-6,8-11H,7H2,(H,14,15)/b4-3+,9-5+/t11-/m0/s1. The molecule has 1 aromatic heterocycles. The minimum Gasteiger partial charge on any atom is -0.478 e. The highest BCUT2D eigenvalue weighted by Gasteiger charge is 2.06. The summed E-state index contributed by atoms with van der Waals surface area (Å²) in [5, 5.41) is 10.4. The SMILES string of the molecule is C#C[C@@H](C/C=C/C=C/C(=O)O)c1cccs1. The summed E-state index contributed by atoms with van der Waals surface area (Å²) < 4.78 is 0. The van der Waals surface area contributed by atoms with Crippen LogP contribution in [0.2, 0.25) is 0 Å². The summed E-state index contributed by atoms with van der Waals surface area (Å²) in [4.78, 5) is 11.3. The topological polar surface area (TPSA) is 37.3 Å². The van der Waals surface area contributed by atoms with E-state index in [2.05, 4.69) is 5.92 Å². The average molecular weight is 232 g/mol. The predicted octanol–water partition coefficient (Wildman–Crippen LogP) is 3.05. The fraction of sp³-hybridized carbons (Fsp3) is 0.154. The fourth-order valence-electron chi connectivity index (χ4n) is 1.19. The lowest BCUT2D eigenvalue weighted by molar-refractivity contribution is -0.131. The van der Waals surface area contributed by atoms with E-state index in [4.69, 9.17) is 11.5 Å². The first-order chi connectivity index (χ1) is 7.74. The number of rotatable bonds is 5. The number of carboxylic acids is 1. The van der Waals surface area contributed by atoms with E-state index in [9.17, 15) is 4.79 Å². The Hall–Kier alpha value is -1.79. The number of carbonyl (C=O) groups is 1. The van der Waals surface area contributed by atoms with Gasteiger partial charge in [-0.3, -0.25) is 0 Å². The van der Waals surface area contributed by atoms with Crippen molar-refractivity contribution in [2.75, 3.05) is 0 Å². The van der Waals surface area contributed by atoms with Crippen molar-refractivity contribution in [3.05, 3.63) is 46.7 Å². The van der Waals surface area contributed by atoms with Crippen molar-refractivity contribution in [2.45, 2.75) is 12.3 Å². The summed E-state index contributed by atoms with van der Waals surface area (Å²) in [7, 11) is 0. The zero-order valence-electron chi connectivity index (χ0n) is 8.67. The number of terminal acetylenes is 1. The van der Waals surface area contributed by atoms with E-state index in [0.29, 0.717) is 0 Å². The number of allylic oxidation sites excluding steroid dienone is 3. The Labute approximate surface area is 98.9 Å². The summed E-state index contributed by atoms with van der Waals surface area (Å²) >= 11 is 1.64. The van der Waals surface area contributed by atoms with Crippen LogP contribution in [0.1, 0.15) is 17.2 Å². The molecule has 0 amide bonds. The molecule has 1 rings (SSSR count). The van der Waals surface area contributed by atoms with Gasteiger partial charge in [0.25, 0.3) is 0 Å². The van der Waals surface area contributed by atoms with Crippen molar-refractivity contribution in [2.24, 2.45) is 0 Å². The summed E-state index contributed by atoms with van der Waals surface area (Å²) in [6, 6.07) is 3.98. The third kappa shape index (κ3) is 4.16. The molecule has 0 aliphatic rings. The number of aliphatic carboxylic acids is 1. The summed E-state index contributed by atoms with van der Waals surface area (Å²) in [6.07, 6.45) is 12.3. The minimum atomic E-state index is -0.948. The highest BCUT2D eigenvalue weighted by atomic mass is 32.1. The zero-order chi connectivity index (χ0) is 11.8. The molecule has 82 valence electrons. The second-order valence-corrected chi connectivity index (χ2v) is 4.08. The largest absolute Gasteiger partial charge is 0.478 e. The van der Waals surface area contributed by atoms with E-state index < -0.39 is 5.97 Å². The van der Waals surface area contributed by atoms with Gasteiger partial charge in [-0.1, -0.05) is 30.2 Å². The van der Waals surface area contributed by atoms with Gasteiger partial charge in [-0.15, -0.1) is 17.8 Å². The van der Waals surface area contributed by atoms with E-state index in [1.54, 1.807) is 17.4 Å². The van der Waals surface area contributed by atoms with Crippen LogP contribution in [0.5, 0.6) is 0 Å². The van der Waals surface area contributed by atoms with Crippen molar-refractivity contribution >= 4 is 17.3 Å². The summed E-state index contributed by atoms with van der Waals surface area (Å²) in [6.45, 7) is 0. The van der Waals surface area contributed by atoms with Gasteiger partial charge in [-0.2, -0.15) is 0 Å². The molecule has 0 spiro atoms. The molecule has 0 radical (unpaired) electrons. The van der Waals surface area contributed by atoms with Gasteiger partial charge in [0.05, 0.1) is 5.92 Å². The van der Waals surface area contributed by atoms with E-state index in [-0.39, 0.29) is 5.92 Å². The second-order valence-electron chi connectivity index (χ2n) is 3.10. The Bertz CT molecular complexity index is 421. The van der Waals surface area contributed by atoms with Crippen LogP contribution in [0.25, 0.3) is 0 Å². The molecule has 0 saturated heterocycles. The lowest BCUT2D eigenvalue weighted by atomic mass is 10.0. The van der Waals surface area contributed by atoms with E-state index in [0.717, 1.165) is 17.4 Å². The monoisotopic (exact) mass is 232 g/mol. The van der Waals surface area contributed by atoms with Crippen molar-refractivity contribution in [3.63, 3.8) is 0 Å². The smallest absolute Gasteiger partial charge is 0.328 e. The molecule has 0 fully saturated rings. The van der Waals surface area contributed by atoms with E-state index >= 15 is 0 Å². The third-order valence-electron chi connectivity index (χ3n) is 1.95. The molecule has 1 atom stereocenters. The predicted molar refractivity (Wildman–Crippen MR) is 66.4 cm³/mol. The van der Waals surface area contributed by atoms with Crippen LogP contribution in [0.4, 0.5) is 0 Å². The first-order valence-electron chi connectivity index (χ1n) is 4.79. The first kappa shape index (κ1) is 12.3. The zero-order valence-corrected chi connectivity index (χ0v) is 9.48. The average Bonchev–Trinajstić information content (AvgIpc) is 2.76. The minimum absolute atomic E-state index is 0.0782. The molecule has 0 aliphatic heterocycles. The quantitative estimate of drug-likeness (QED) is 0.481. The normalized spacial score (nSPS) is 12.9. The van der Waals surface area contributed by atoms with Gasteiger partial charge < -0.3 is 5.11 Å². The molecule has 0 unspecified atom stereocenters. The maximum atomic E-state index is 10.2. The van der Waals surface area contributed by atoms with Gasteiger partial charge in [0.2, 0.25) is 0 Å². The van der Waals surface area contributed by atoms with E-state index in [1.165, 1.54) is 6.08 Å². The van der Waals surface area contributed by atoms with Gasteiger partial charge in [0, 0.05) is 11.0 Å². The first-order valence-corrected chi connectivity index (χ1v) is 5.67. The van der Waals surface area contributed by atoms with Gasteiger partial charge in [-0.25, -0.2) is 4.79 Å². The Morgan fingerprint density at radius 2 is 2.44 bits per heavy atom. The number of hydrogen-bond acceptors (Lipinski definition) is 2. The third-order valence-corrected chi connectivity index (χ3v) is 2.93. The lowest BCUT2D eigenvalue weighted by Gasteiger charge is -2.03. The molecule has 0 aliphatic carbocycles.